The molecule has 2 N–H and O–H groups in total. The molecule has 0 aromatic heterocycles. The number of hydrogen-bond acceptors (Lipinski definition) is 3. The predicted octanol–water partition coefficient (Wildman–Crippen LogP) is 2.66. The third-order valence-electron chi connectivity index (χ3n) is 3.13. The second-order valence-corrected chi connectivity index (χ2v) is 5.00. The van der Waals surface area contributed by atoms with Crippen LogP contribution < -0.4 is 0 Å². The Hall–Kier alpha value is -0.750. The van der Waals surface area contributed by atoms with Crippen LogP contribution in [0.2, 0.25) is 0 Å². The maximum atomic E-state index is 12.7. The molecule has 1 heterocycles. The lowest BCUT2D eigenvalue weighted by molar-refractivity contribution is -0.470. The van der Waals surface area contributed by atoms with Crippen LogP contribution in [0.15, 0.2) is 0 Å². The fourth-order valence-electron chi connectivity index (χ4n) is 1.98. The van der Waals surface area contributed by atoms with Gasteiger partial charge in [0.25, 0.3) is 5.79 Å². The lowest BCUT2D eigenvalue weighted by Gasteiger charge is -2.51. The molecule has 0 radical (unpaired) electrons. The van der Waals surface area contributed by atoms with E-state index in [0.717, 1.165) is 0 Å². The summed E-state index contributed by atoms with van der Waals surface area (Å²) in [7, 11) is 0. The van der Waals surface area contributed by atoms with Crippen LogP contribution in [0, 0.1) is 0 Å². The van der Waals surface area contributed by atoms with E-state index in [9.17, 15) is 44.6 Å². The summed E-state index contributed by atoms with van der Waals surface area (Å²) >= 11 is 0. The Balaban J connectivity index is 3.44. The SMILES string of the molecule is C[C@]1(C(F)(F)F)C[C@](O)(C(F)(F)F)C[C@@](O)(C(F)(F)F)O1. The molecule has 21 heavy (non-hydrogen) atoms. The first-order valence-electron chi connectivity index (χ1n) is 5.22. The Morgan fingerprint density at radius 2 is 1.19 bits per heavy atom. The molecule has 1 aliphatic rings. The van der Waals surface area contributed by atoms with E-state index in [4.69, 9.17) is 5.11 Å². The highest BCUT2D eigenvalue weighted by molar-refractivity contribution is 5.06. The molecule has 0 aromatic rings. The smallest absolute Gasteiger partial charge is 0.380 e. The Morgan fingerprint density at radius 1 is 0.762 bits per heavy atom. The Kier molecular flexibility index (Phi) is 3.82. The minimum atomic E-state index is -5.97. The number of ether oxygens (including phenoxy) is 1. The van der Waals surface area contributed by atoms with Crippen LogP contribution in [0.4, 0.5) is 39.5 Å². The highest BCUT2D eigenvalue weighted by atomic mass is 19.4. The van der Waals surface area contributed by atoms with Gasteiger partial charge in [-0.05, 0) is 6.92 Å². The van der Waals surface area contributed by atoms with Crippen molar-refractivity contribution in [1.82, 2.24) is 0 Å². The van der Waals surface area contributed by atoms with Gasteiger partial charge in [-0.1, -0.05) is 0 Å². The molecule has 126 valence electrons. The topological polar surface area (TPSA) is 49.7 Å². The Morgan fingerprint density at radius 3 is 1.48 bits per heavy atom. The van der Waals surface area contributed by atoms with Gasteiger partial charge in [0.05, 0.1) is 0 Å². The molecular weight excluding hydrogens is 327 g/mol. The van der Waals surface area contributed by atoms with Crippen molar-refractivity contribution in [2.75, 3.05) is 0 Å². The van der Waals surface area contributed by atoms with Crippen LogP contribution in [-0.2, 0) is 4.74 Å². The number of aliphatic hydroxyl groups is 2. The molecule has 12 heteroatoms. The van der Waals surface area contributed by atoms with Gasteiger partial charge in [0.15, 0.2) is 11.2 Å². The monoisotopic (exact) mass is 336 g/mol. The van der Waals surface area contributed by atoms with Crippen LogP contribution in [-0.4, -0.2) is 45.7 Å². The molecular formula is C9H9F9O3. The minimum absolute atomic E-state index is 0.112. The van der Waals surface area contributed by atoms with Gasteiger partial charge in [0.2, 0.25) is 0 Å². The largest absolute Gasteiger partial charge is 0.443 e. The maximum Gasteiger partial charge on any atom is 0.443 e. The van der Waals surface area contributed by atoms with Gasteiger partial charge in [0, 0.05) is 12.8 Å². The van der Waals surface area contributed by atoms with Gasteiger partial charge in [-0.25, -0.2) is 0 Å². The molecule has 0 spiro atoms. The molecule has 1 saturated heterocycles. The molecule has 0 unspecified atom stereocenters. The maximum absolute atomic E-state index is 12.7. The molecule has 0 saturated carbocycles. The molecule has 1 rings (SSSR count). The van der Waals surface area contributed by atoms with Gasteiger partial charge in [0.1, 0.15) is 0 Å². The first-order valence-corrected chi connectivity index (χ1v) is 5.22. The summed E-state index contributed by atoms with van der Waals surface area (Å²) in [5.74, 6) is -4.79. The third kappa shape index (κ3) is 2.93. The first-order chi connectivity index (χ1) is 8.87. The standard InChI is InChI=1S/C9H9F9O3/c1-4(7(10,11)12)2-5(19,8(13,14)15)3-6(20,21-4)9(16,17)18/h19-20H,2-3H2,1H3/t4-,5-,6+/m1/s1. The summed E-state index contributed by atoms with van der Waals surface area (Å²) in [6, 6.07) is 0. The van der Waals surface area contributed by atoms with Crippen LogP contribution in [0.3, 0.4) is 0 Å². The van der Waals surface area contributed by atoms with E-state index in [1.165, 1.54) is 0 Å². The summed E-state index contributed by atoms with van der Waals surface area (Å²) in [5.41, 5.74) is -8.46. The highest BCUT2D eigenvalue weighted by Crippen LogP contribution is 2.56. The number of halogens is 9. The van der Waals surface area contributed by atoms with Crippen molar-refractivity contribution in [3.05, 3.63) is 0 Å². The zero-order valence-corrected chi connectivity index (χ0v) is 10.1. The van der Waals surface area contributed by atoms with Crippen molar-refractivity contribution in [1.29, 1.82) is 0 Å². The van der Waals surface area contributed by atoms with Crippen LogP contribution in [0.5, 0.6) is 0 Å². The van der Waals surface area contributed by atoms with E-state index >= 15 is 0 Å². The van der Waals surface area contributed by atoms with E-state index in [-0.39, 0.29) is 6.92 Å². The summed E-state index contributed by atoms with van der Waals surface area (Å²) in [5, 5.41) is 18.3. The van der Waals surface area contributed by atoms with Crippen molar-refractivity contribution < 1.29 is 54.5 Å². The number of rotatable bonds is 0. The number of hydrogen-bond donors (Lipinski definition) is 2. The molecule has 0 aliphatic carbocycles. The summed E-state index contributed by atoms with van der Waals surface area (Å²) in [6.07, 6.45) is -22.2. The predicted molar refractivity (Wildman–Crippen MR) is 46.8 cm³/mol. The Labute approximate surface area is 111 Å². The van der Waals surface area contributed by atoms with E-state index < -0.39 is 48.4 Å². The van der Waals surface area contributed by atoms with E-state index in [0.29, 0.717) is 0 Å². The van der Waals surface area contributed by atoms with Crippen molar-refractivity contribution in [2.24, 2.45) is 0 Å². The molecule has 1 aliphatic heterocycles. The average molecular weight is 336 g/mol. The van der Waals surface area contributed by atoms with Crippen LogP contribution in [0.1, 0.15) is 19.8 Å². The fourth-order valence-corrected chi connectivity index (χ4v) is 1.98. The second kappa shape index (κ2) is 4.38. The van der Waals surface area contributed by atoms with Gasteiger partial charge in [-0.3, -0.25) is 0 Å². The highest BCUT2D eigenvalue weighted by Gasteiger charge is 2.75. The molecule has 1 fully saturated rings. The third-order valence-corrected chi connectivity index (χ3v) is 3.13. The quantitative estimate of drug-likeness (QED) is 0.669. The molecule has 3 nitrogen and oxygen atoms in total. The normalized spacial score (nSPS) is 39.4. The van der Waals surface area contributed by atoms with E-state index in [1.54, 1.807) is 0 Å². The van der Waals surface area contributed by atoms with Gasteiger partial charge < -0.3 is 14.9 Å². The summed E-state index contributed by atoms with van der Waals surface area (Å²) in [6.45, 7) is -0.112. The second-order valence-electron chi connectivity index (χ2n) is 5.00. The van der Waals surface area contributed by atoms with Crippen molar-refractivity contribution in [3.63, 3.8) is 0 Å². The van der Waals surface area contributed by atoms with Crippen molar-refractivity contribution in [2.45, 2.75) is 55.3 Å². The van der Waals surface area contributed by atoms with E-state index in [1.807, 2.05) is 0 Å². The summed E-state index contributed by atoms with van der Waals surface area (Å²) in [4.78, 5) is 0. The van der Waals surface area contributed by atoms with Gasteiger partial charge >= 0.3 is 18.5 Å². The molecule has 0 amide bonds. The molecule has 0 bridgehead atoms. The number of alkyl halides is 9. The lowest BCUT2D eigenvalue weighted by atomic mass is 9.78. The van der Waals surface area contributed by atoms with Crippen molar-refractivity contribution >= 4 is 0 Å². The zero-order chi connectivity index (χ0) is 17.1. The zero-order valence-electron chi connectivity index (χ0n) is 10.1. The Bertz CT molecular complexity index is 340. The van der Waals surface area contributed by atoms with Crippen LogP contribution >= 0.6 is 0 Å². The van der Waals surface area contributed by atoms with Gasteiger partial charge in [-0.2, -0.15) is 39.5 Å². The van der Waals surface area contributed by atoms with E-state index in [2.05, 4.69) is 4.74 Å². The van der Waals surface area contributed by atoms with Crippen molar-refractivity contribution in [3.8, 4) is 0 Å². The lowest BCUT2D eigenvalue weighted by Crippen LogP contribution is -2.70. The first kappa shape index (κ1) is 18.3. The summed E-state index contributed by atoms with van der Waals surface area (Å²) < 4.78 is 117. The van der Waals surface area contributed by atoms with Crippen LogP contribution in [0.25, 0.3) is 0 Å². The van der Waals surface area contributed by atoms with Gasteiger partial charge in [-0.15, -0.1) is 0 Å². The fraction of sp³-hybridized carbons (Fsp3) is 1.00. The minimum Gasteiger partial charge on any atom is -0.380 e. The molecule has 3 atom stereocenters. The average Bonchev–Trinajstić information content (AvgIpc) is 2.09. The molecule has 0 aromatic carbocycles.